The fourth-order valence-electron chi connectivity index (χ4n) is 2.66. The Bertz CT molecular complexity index is 843. The standard InChI is InChI=1S/C18H19N5O4/c1-12-2-4-13(5-3-12)21-18(27)23-8-6-22(7-9-23)16(24)14-10-20-15(11-19-14)17(25)26/h2-5,10-11H,6-9H2,1H3,(H,21,27)(H,25,26). The van der Waals surface area contributed by atoms with Crippen molar-refractivity contribution >= 4 is 23.6 Å². The number of piperazine rings is 1. The maximum absolute atomic E-state index is 12.4. The Morgan fingerprint density at radius 3 is 2.04 bits per heavy atom. The molecule has 1 aromatic carbocycles. The number of benzene rings is 1. The third kappa shape index (κ3) is 4.38. The number of carbonyl (C=O) groups is 3. The van der Waals surface area contributed by atoms with Crippen molar-refractivity contribution in [3.05, 3.63) is 53.6 Å². The van der Waals surface area contributed by atoms with Crippen LogP contribution in [-0.4, -0.2) is 69.0 Å². The lowest BCUT2D eigenvalue weighted by molar-refractivity contribution is 0.0658. The lowest BCUT2D eigenvalue weighted by atomic mass is 10.2. The average Bonchev–Trinajstić information content (AvgIpc) is 2.69. The zero-order valence-electron chi connectivity index (χ0n) is 14.8. The molecule has 1 saturated heterocycles. The van der Waals surface area contributed by atoms with Crippen molar-refractivity contribution in [3.8, 4) is 0 Å². The van der Waals surface area contributed by atoms with Gasteiger partial charge in [0, 0.05) is 31.9 Å². The Labute approximate surface area is 155 Å². The second kappa shape index (κ2) is 7.81. The molecule has 9 nitrogen and oxygen atoms in total. The van der Waals surface area contributed by atoms with Gasteiger partial charge < -0.3 is 20.2 Å². The van der Waals surface area contributed by atoms with Gasteiger partial charge in [-0.25, -0.2) is 19.6 Å². The number of amides is 3. The fraction of sp³-hybridized carbons (Fsp3) is 0.278. The maximum atomic E-state index is 12.4. The summed E-state index contributed by atoms with van der Waals surface area (Å²) in [5, 5.41) is 11.7. The highest BCUT2D eigenvalue weighted by atomic mass is 16.4. The summed E-state index contributed by atoms with van der Waals surface area (Å²) in [5.74, 6) is -1.53. The summed E-state index contributed by atoms with van der Waals surface area (Å²) in [7, 11) is 0. The molecule has 0 unspecified atom stereocenters. The quantitative estimate of drug-likeness (QED) is 0.846. The van der Waals surface area contributed by atoms with E-state index in [0.717, 1.165) is 23.6 Å². The fourth-order valence-corrected chi connectivity index (χ4v) is 2.66. The van der Waals surface area contributed by atoms with Gasteiger partial charge in [0.1, 0.15) is 5.69 Å². The van der Waals surface area contributed by atoms with E-state index in [1.54, 1.807) is 9.80 Å². The summed E-state index contributed by atoms with van der Waals surface area (Å²) < 4.78 is 0. The number of aryl methyl sites for hydroxylation is 1. The van der Waals surface area contributed by atoms with Crippen LogP contribution in [-0.2, 0) is 0 Å². The van der Waals surface area contributed by atoms with Crippen molar-refractivity contribution in [3.63, 3.8) is 0 Å². The molecule has 27 heavy (non-hydrogen) atoms. The summed E-state index contributed by atoms with van der Waals surface area (Å²) in [5.41, 5.74) is 1.69. The van der Waals surface area contributed by atoms with Crippen LogP contribution in [0.1, 0.15) is 26.5 Å². The number of anilines is 1. The first-order chi connectivity index (χ1) is 12.9. The molecule has 140 valence electrons. The van der Waals surface area contributed by atoms with Crippen LogP contribution in [0.2, 0.25) is 0 Å². The van der Waals surface area contributed by atoms with E-state index in [4.69, 9.17) is 5.11 Å². The lowest BCUT2D eigenvalue weighted by Crippen LogP contribution is -2.51. The molecule has 2 N–H and O–H groups in total. The van der Waals surface area contributed by atoms with E-state index < -0.39 is 5.97 Å². The Balaban J connectivity index is 1.54. The minimum absolute atomic E-state index is 0.0811. The number of hydrogen-bond donors (Lipinski definition) is 2. The van der Waals surface area contributed by atoms with Crippen LogP contribution in [0.25, 0.3) is 0 Å². The monoisotopic (exact) mass is 369 g/mol. The maximum Gasteiger partial charge on any atom is 0.356 e. The topological polar surface area (TPSA) is 116 Å². The first-order valence-corrected chi connectivity index (χ1v) is 8.41. The molecule has 0 radical (unpaired) electrons. The molecule has 1 aromatic heterocycles. The Hall–Kier alpha value is -3.49. The molecule has 3 amide bonds. The van der Waals surface area contributed by atoms with Gasteiger partial charge in [-0.15, -0.1) is 0 Å². The number of carbonyl (C=O) groups excluding carboxylic acids is 2. The van der Waals surface area contributed by atoms with Crippen LogP contribution in [0.3, 0.4) is 0 Å². The van der Waals surface area contributed by atoms with Crippen molar-refractivity contribution in [2.75, 3.05) is 31.5 Å². The van der Waals surface area contributed by atoms with Gasteiger partial charge in [0.15, 0.2) is 5.69 Å². The molecule has 0 atom stereocenters. The van der Waals surface area contributed by atoms with Crippen LogP contribution < -0.4 is 5.32 Å². The molecule has 0 saturated carbocycles. The molecule has 1 aliphatic rings. The smallest absolute Gasteiger partial charge is 0.356 e. The molecule has 2 heterocycles. The van der Waals surface area contributed by atoms with Crippen LogP contribution in [0.15, 0.2) is 36.7 Å². The van der Waals surface area contributed by atoms with Crippen molar-refractivity contribution in [1.82, 2.24) is 19.8 Å². The number of hydrogen-bond acceptors (Lipinski definition) is 5. The van der Waals surface area contributed by atoms with Gasteiger partial charge >= 0.3 is 12.0 Å². The molecule has 0 spiro atoms. The Morgan fingerprint density at radius 1 is 0.926 bits per heavy atom. The lowest BCUT2D eigenvalue weighted by Gasteiger charge is -2.34. The molecule has 1 aliphatic heterocycles. The SMILES string of the molecule is Cc1ccc(NC(=O)N2CCN(C(=O)c3cnc(C(=O)O)cn3)CC2)cc1. The van der Waals surface area contributed by atoms with E-state index in [2.05, 4.69) is 15.3 Å². The van der Waals surface area contributed by atoms with E-state index in [1.165, 1.54) is 0 Å². The molecule has 1 fully saturated rings. The molecular weight excluding hydrogens is 350 g/mol. The number of urea groups is 1. The largest absolute Gasteiger partial charge is 0.476 e. The van der Waals surface area contributed by atoms with Gasteiger partial charge in [0.25, 0.3) is 5.91 Å². The van der Waals surface area contributed by atoms with Gasteiger partial charge in [-0.1, -0.05) is 17.7 Å². The Morgan fingerprint density at radius 2 is 1.48 bits per heavy atom. The molecule has 0 aliphatic carbocycles. The number of carboxylic acids is 1. The molecule has 0 bridgehead atoms. The zero-order valence-corrected chi connectivity index (χ0v) is 14.8. The predicted octanol–water partition coefficient (Wildman–Crippen LogP) is 1.47. The van der Waals surface area contributed by atoms with Crippen molar-refractivity contribution in [2.45, 2.75) is 6.92 Å². The van der Waals surface area contributed by atoms with Crippen LogP contribution in [0, 0.1) is 6.92 Å². The third-order valence-corrected chi connectivity index (χ3v) is 4.25. The highest BCUT2D eigenvalue weighted by molar-refractivity contribution is 5.93. The van der Waals surface area contributed by atoms with Crippen LogP contribution in [0.5, 0.6) is 0 Å². The highest BCUT2D eigenvalue weighted by Gasteiger charge is 2.26. The number of carboxylic acid groups (broad SMARTS) is 1. The van der Waals surface area contributed by atoms with Gasteiger partial charge in [0.2, 0.25) is 0 Å². The van der Waals surface area contributed by atoms with Crippen molar-refractivity contribution in [2.24, 2.45) is 0 Å². The molecule has 9 heteroatoms. The number of aromatic carboxylic acids is 1. The van der Waals surface area contributed by atoms with Gasteiger partial charge in [-0.3, -0.25) is 4.79 Å². The minimum Gasteiger partial charge on any atom is -0.476 e. The number of rotatable bonds is 3. The highest BCUT2D eigenvalue weighted by Crippen LogP contribution is 2.12. The van der Waals surface area contributed by atoms with Gasteiger partial charge in [-0.2, -0.15) is 0 Å². The average molecular weight is 369 g/mol. The van der Waals surface area contributed by atoms with Gasteiger partial charge in [-0.05, 0) is 19.1 Å². The normalized spacial score (nSPS) is 14.0. The first kappa shape index (κ1) is 18.3. The predicted molar refractivity (Wildman–Crippen MR) is 96.7 cm³/mol. The summed E-state index contributed by atoms with van der Waals surface area (Å²) in [4.78, 5) is 46.3. The number of aromatic nitrogens is 2. The van der Waals surface area contributed by atoms with E-state index in [9.17, 15) is 14.4 Å². The molecule has 2 aromatic rings. The van der Waals surface area contributed by atoms with E-state index in [0.29, 0.717) is 26.2 Å². The first-order valence-electron chi connectivity index (χ1n) is 8.41. The van der Waals surface area contributed by atoms with E-state index >= 15 is 0 Å². The van der Waals surface area contributed by atoms with Gasteiger partial charge in [0.05, 0.1) is 12.4 Å². The summed E-state index contributed by atoms with van der Waals surface area (Å²) in [6.45, 7) is 3.49. The summed E-state index contributed by atoms with van der Waals surface area (Å²) >= 11 is 0. The summed E-state index contributed by atoms with van der Waals surface area (Å²) in [6, 6.07) is 7.31. The second-order valence-electron chi connectivity index (χ2n) is 6.17. The Kier molecular flexibility index (Phi) is 5.30. The number of nitrogens with zero attached hydrogens (tertiary/aromatic N) is 4. The summed E-state index contributed by atoms with van der Waals surface area (Å²) in [6.07, 6.45) is 2.21. The van der Waals surface area contributed by atoms with Crippen molar-refractivity contribution in [1.29, 1.82) is 0 Å². The van der Waals surface area contributed by atoms with Crippen LogP contribution in [0.4, 0.5) is 10.5 Å². The number of nitrogens with one attached hydrogen (secondary N) is 1. The van der Waals surface area contributed by atoms with Crippen LogP contribution >= 0.6 is 0 Å². The zero-order chi connectivity index (χ0) is 19.4. The second-order valence-corrected chi connectivity index (χ2v) is 6.17. The van der Waals surface area contributed by atoms with E-state index in [1.807, 2.05) is 31.2 Å². The molecule has 3 rings (SSSR count). The minimum atomic E-state index is -1.20. The molecular formula is C18H19N5O4. The third-order valence-electron chi connectivity index (χ3n) is 4.25. The van der Waals surface area contributed by atoms with E-state index in [-0.39, 0.29) is 23.3 Å². The van der Waals surface area contributed by atoms with Crippen molar-refractivity contribution < 1.29 is 19.5 Å².